The summed E-state index contributed by atoms with van der Waals surface area (Å²) in [5.41, 5.74) is 2.40. The Morgan fingerprint density at radius 1 is 1.19 bits per heavy atom. The van der Waals surface area contributed by atoms with Crippen molar-refractivity contribution in [2.75, 3.05) is 38.7 Å². The number of rotatable bonds is 6. The quantitative estimate of drug-likeness (QED) is 0.605. The van der Waals surface area contributed by atoms with Gasteiger partial charge in [-0.2, -0.15) is 0 Å². The Kier molecular flexibility index (Phi) is 5.93. The Labute approximate surface area is 186 Å². The molecule has 2 aliphatic rings. The molecule has 0 atom stereocenters. The van der Waals surface area contributed by atoms with Gasteiger partial charge in [-0.25, -0.2) is 9.97 Å². The highest BCUT2D eigenvalue weighted by atomic mass is 32.1. The highest BCUT2D eigenvalue weighted by Gasteiger charge is 2.22. The summed E-state index contributed by atoms with van der Waals surface area (Å²) in [5, 5.41) is 14.8. The molecule has 1 fully saturated rings. The van der Waals surface area contributed by atoms with Gasteiger partial charge in [0.05, 0.1) is 32.3 Å². The number of methoxy groups -OCH3 is 1. The maximum absolute atomic E-state index is 10.1. The van der Waals surface area contributed by atoms with Crippen LogP contribution in [0.3, 0.4) is 0 Å². The maximum Gasteiger partial charge on any atom is 0.160 e. The van der Waals surface area contributed by atoms with E-state index in [2.05, 4.69) is 10.2 Å². The van der Waals surface area contributed by atoms with Crippen molar-refractivity contribution in [2.24, 2.45) is 0 Å². The molecule has 0 amide bonds. The Morgan fingerprint density at radius 2 is 2.03 bits per heavy atom. The second-order valence-corrected chi connectivity index (χ2v) is 9.21. The van der Waals surface area contributed by atoms with Crippen LogP contribution in [0.5, 0.6) is 11.5 Å². The topological polar surface area (TPSA) is 79.7 Å². The summed E-state index contributed by atoms with van der Waals surface area (Å²) >= 11 is 1.83. The molecule has 0 radical (unpaired) electrons. The van der Waals surface area contributed by atoms with Crippen LogP contribution in [0, 0.1) is 0 Å². The molecule has 164 valence electrons. The Morgan fingerprint density at radius 3 is 2.84 bits per heavy atom. The molecule has 0 unspecified atom stereocenters. The molecule has 0 bridgehead atoms. The Bertz CT molecular complexity index is 1080. The molecule has 8 heteroatoms. The van der Waals surface area contributed by atoms with Gasteiger partial charge in [0.2, 0.25) is 0 Å². The largest absolute Gasteiger partial charge is 0.504 e. The van der Waals surface area contributed by atoms with E-state index >= 15 is 0 Å². The molecule has 0 saturated carbocycles. The molecular formula is C23H28N4O3S. The molecule has 5 rings (SSSR count). The van der Waals surface area contributed by atoms with Gasteiger partial charge in [-0.1, -0.05) is 6.07 Å². The van der Waals surface area contributed by atoms with Crippen molar-refractivity contribution in [1.82, 2.24) is 14.9 Å². The van der Waals surface area contributed by atoms with Crippen molar-refractivity contribution >= 4 is 27.4 Å². The molecule has 1 aliphatic heterocycles. The lowest BCUT2D eigenvalue weighted by Gasteiger charge is -2.25. The van der Waals surface area contributed by atoms with Crippen LogP contribution in [0.15, 0.2) is 18.2 Å². The first-order valence-electron chi connectivity index (χ1n) is 10.9. The fraction of sp³-hybridized carbons (Fsp3) is 0.478. The van der Waals surface area contributed by atoms with Crippen molar-refractivity contribution in [3.05, 3.63) is 40.0 Å². The van der Waals surface area contributed by atoms with E-state index in [0.29, 0.717) is 12.3 Å². The Hall–Kier alpha value is -2.42. The molecule has 2 N–H and O–H groups in total. The number of nitrogens with zero attached hydrogens (tertiary/aromatic N) is 3. The van der Waals surface area contributed by atoms with Crippen molar-refractivity contribution in [3.63, 3.8) is 0 Å². The summed E-state index contributed by atoms with van der Waals surface area (Å²) in [6.45, 7) is 4.67. The molecule has 2 aromatic heterocycles. The van der Waals surface area contributed by atoms with Crippen molar-refractivity contribution in [2.45, 2.75) is 38.8 Å². The number of ether oxygens (including phenoxy) is 2. The van der Waals surface area contributed by atoms with E-state index in [-0.39, 0.29) is 5.75 Å². The van der Waals surface area contributed by atoms with Crippen LogP contribution >= 0.6 is 11.3 Å². The molecule has 1 aromatic carbocycles. The normalized spacial score (nSPS) is 16.9. The van der Waals surface area contributed by atoms with E-state index < -0.39 is 0 Å². The number of aromatic hydroxyl groups is 1. The number of aromatic nitrogens is 2. The van der Waals surface area contributed by atoms with E-state index in [1.807, 2.05) is 17.4 Å². The standard InChI is InChI=1S/C23H28N4O3S/c1-29-18-7-6-15(12-17(18)28)13-24-22-21-16-4-2-3-5-19(16)31-23(21)26-20(25-22)14-27-8-10-30-11-9-27/h6-7,12,28H,2-5,8-11,13-14H2,1H3,(H,24,25,26). The molecule has 3 heterocycles. The number of aryl methyl sites for hydroxylation is 2. The first-order chi connectivity index (χ1) is 15.2. The van der Waals surface area contributed by atoms with Gasteiger partial charge in [0.1, 0.15) is 16.5 Å². The average Bonchev–Trinajstić information content (AvgIpc) is 3.17. The zero-order valence-electron chi connectivity index (χ0n) is 17.8. The second kappa shape index (κ2) is 8.98. The predicted molar refractivity (Wildman–Crippen MR) is 122 cm³/mol. The summed E-state index contributed by atoms with van der Waals surface area (Å²) in [6, 6.07) is 5.49. The van der Waals surface area contributed by atoms with Gasteiger partial charge in [0.15, 0.2) is 11.5 Å². The molecule has 3 aromatic rings. The second-order valence-electron chi connectivity index (χ2n) is 8.13. The van der Waals surface area contributed by atoms with E-state index in [1.165, 1.54) is 28.7 Å². The number of phenolic OH excluding ortho intramolecular Hbond substituents is 1. The monoisotopic (exact) mass is 440 g/mol. The summed E-state index contributed by atoms with van der Waals surface area (Å²) in [7, 11) is 1.56. The highest BCUT2D eigenvalue weighted by Crippen LogP contribution is 2.39. The number of thiophene rings is 1. The maximum atomic E-state index is 10.1. The number of hydrogen-bond acceptors (Lipinski definition) is 8. The SMILES string of the molecule is COc1ccc(CNc2nc(CN3CCOCC3)nc3sc4c(c23)CCCC4)cc1O. The van der Waals surface area contributed by atoms with Gasteiger partial charge < -0.3 is 19.9 Å². The average molecular weight is 441 g/mol. The molecule has 0 spiro atoms. The fourth-order valence-electron chi connectivity index (χ4n) is 4.39. The predicted octanol–water partition coefficient (Wildman–Crippen LogP) is 3.73. The third-order valence-electron chi connectivity index (χ3n) is 6.03. The number of nitrogens with one attached hydrogen (secondary N) is 1. The fourth-order valence-corrected chi connectivity index (χ4v) is 5.67. The lowest BCUT2D eigenvalue weighted by Crippen LogP contribution is -2.36. The van der Waals surface area contributed by atoms with Crippen molar-refractivity contribution in [1.29, 1.82) is 0 Å². The molecule has 1 aliphatic carbocycles. The molecule has 31 heavy (non-hydrogen) atoms. The minimum Gasteiger partial charge on any atom is -0.504 e. The number of phenols is 1. The van der Waals surface area contributed by atoms with E-state index in [1.54, 1.807) is 19.2 Å². The number of hydrogen-bond donors (Lipinski definition) is 2. The van der Waals surface area contributed by atoms with Crippen LogP contribution in [0.25, 0.3) is 10.2 Å². The van der Waals surface area contributed by atoms with Gasteiger partial charge in [0.25, 0.3) is 0 Å². The van der Waals surface area contributed by atoms with Gasteiger partial charge in [0, 0.05) is 24.5 Å². The minimum atomic E-state index is 0.149. The lowest BCUT2D eigenvalue weighted by atomic mass is 9.97. The first-order valence-corrected chi connectivity index (χ1v) is 11.7. The number of benzene rings is 1. The van der Waals surface area contributed by atoms with Crippen LogP contribution in [-0.2, 0) is 30.7 Å². The molecule has 7 nitrogen and oxygen atoms in total. The first kappa shape index (κ1) is 20.5. The van der Waals surface area contributed by atoms with Gasteiger partial charge in [-0.05, 0) is 48.9 Å². The number of anilines is 1. The summed E-state index contributed by atoms with van der Waals surface area (Å²) in [5.74, 6) is 2.39. The van der Waals surface area contributed by atoms with Crippen LogP contribution in [-0.4, -0.2) is 53.4 Å². The Balaban J connectivity index is 1.46. The third kappa shape index (κ3) is 4.33. The van der Waals surface area contributed by atoms with Crippen LogP contribution in [0.4, 0.5) is 5.82 Å². The summed E-state index contributed by atoms with van der Waals surface area (Å²) in [6.07, 6.45) is 4.71. The highest BCUT2D eigenvalue weighted by molar-refractivity contribution is 7.19. The van der Waals surface area contributed by atoms with Crippen LogP contribution in [0.2, 0.25) is 0 Å². The van der Waals surface area contributed by atoms with Gasteiger partial charge >= 0.3 is 0 Å². The van der Waals surface area contributed by atoms with Crippen LogP contribution in [0.1, 0.15) is 34.7 Å². The lowest BCUT2D eigenvalue weighted by molar-refractivity contribution is 0.0331. The van der Waals surface area contributed by atoms with Gasteiger partial charge in [-0.3, -0.25) is 4.90 Å². The van der Waals surface area contributed by atoms with E-state index in [0.717, 1.165) is 67.7 Å². The summed E-state index contributed by atoms with van der Waals surface area (Å²) < 4.78 is 10.6. The van der Waals surface area contributed by atoms with Gasteiger partial charge in [-0.15, -0.1) is 11.3 Å². The summed E-state index contributed by atoms with van der Waals surface area (Å²) in [4.78, 5) is 14.8. The number of fused-ring (bicyclic) bond motifs is 3. The molecule has 1 saturated heterocycles. The zero-order chi connectivity index (χ0) is 21.2. The van der Waals surface area contributed by atoms with E-state index in [4.69, 9.17) is 19.4 Å². The van der Waals surface area contributed by atoms with Crippen molar-refractivity contribution < 1.29 is 14.6 Å². The van der Waals surface area contributed by atoms with Crippen molar-refractivity contribution in [3.8, 4) is 11.5 Å². The molecular weight excluding hydrogens is 412 g/mol. The van der Waals surface area contributed by atoms with E-state index in [9.17, 15) is 5.11 Å². The van der Waals surface area contributed by atoms with Crippen LogP contribution < -0.4 is 10.1 Å². The smallest absolute Gasteiger partial charge is 0.160 e. The third-order valence-corrected chi connectivity index (χ3v) is 7.22. The minimum absolute atomic E-state index is 0.149. The zero-order valence-corrected chi connectivity index (χ0v) is 18.6. The number of morpholine rings is 1.